The fourth-order valence-corrected chi connectivity index (χ4v) is 2.49. The predicted octanol–water partition coefficient (Wildman–Crippen LogP) is 2.52. The average Bonchev–Trinajstić information content (AvgIpc) is 2.82. The zero-order valence-electron chi connectivity index (χ0n) is 11.0. The van der Waals surface area contributed by atoms with Gasteiger partial charge in [0, 0.05) is 13.1 Å². The third-order valence-electron chi connectivity index (χ3n) is 2.54. The first-order valence-corrected chi connectivity index (χ1v) is 7.30. The smallest absolute Gasteiger partial charge is 0.0900 e. The summed E-state index contributed by atoms with van der Waals surface area (Å²) >= 11 is 1.71. The summed E-state index contributed by atoms with van der Waals surface area (Å²) in [7, 11) is 0. The van der Waals surface area contributed by atoms with Crippen molar-refractivity contribution >= 4 is 11.3 Å². The standard InChI is InChI=1S/C14H23NO2S/c1-3-6-15(9-13-5-8-18-12-13)10-14(16)11-17-7-4-2/h4-5,8,12,14,16H,2-3,6-7,9-11H2,1H3. The number of aliphatic hydroxyl groups is 1. The molecule has 1 unspecified atom stereocenters. The lowest BCUT2D eigenvalue weighted by Crippen LogP contribution is -2.35. The first-order chi connectivity index (χ1) is 8.76. The molecule has 18 heavy (non-hydrogen) atoms. The molecule has 1 heterocycles. The Bertz CT molecular complexity index is 314. The van der Waals surface area contributed by atoms with Crippen LogP contribution in [0.3, 0.4) is 0 Å². The highest BCUT2D eigenvalue weighted by atomic mass is 32.1. The van der Waals surface area contributed by atoms with Gasteiger partial charge in [-0.3, -0.25) is 4.90 Å². The summed E-state index contributed by atoms with van der Waals surface area (Å²) in [4.78, 5) is 2.27. The van der Waals surface area contributed by atoms with Gasteiger partial charge < -0.3 is 9.84 Å². The van der Waals surface area contributed by atoms with Crippen molar-refractivity contribution in [3.05, 3.63) is 35.0 Å². The zero-order valence-corrected chi connectivity index (χ0v) is 11.9. The second kappa shape index (κ2) is 9.28. The Hall–Kier alpha value is -0.680. The Morgan fingerprint density at radius 2 is 2.44 bits per heavy atom. The van der Waals surface area contributed by atoms with E-state index in [2.05, 4.69) is 35.2 Å². The Morgan fingerprint density at radius 3 is 3.06 bits per heavy atom. The van der Waals surface area contributed by atoms with Gasteiger partial charge in [-0.2, -0.15) is 11.3 Å². The van der Waals surface area contributed by atoms with Crippen LogP contribution in [0.5, 0.6) is 0 Å². The molecule has 1 atom stereocenters. The lowest BCUT2D eigenvalue weighted by Gasteiger charge is -2.24. The summed E-state index contributed by atoms with van der Waals surface area (Å²) in [5.74, 6) is 0. The number of nitrogens with zero attached hydrogens (tertiary/aromatic N) is 1. The monoisotopic (exact) mass is 269 g/mol. The van der Waals surface area contributed by atoms with Gasteiger partial charge >= 0.3 is 0 Å². The van der Waals surface area contributed by atoms with Crippen molar-refractivity contribution in [3.63, 3.8) is 0 Å². The molecular weight excluding hydrogens is 246 g/mol. The van der Waals surface area contributed by atoms with E-state index in [1.165, 1.54) is 5.56 Å². The van der Waals surface area contributed by atoms with Crippen LogP contribution in [0.25, 0.3) is 0 Å². The fraction of sp³-hybridized carbons (Fsp3) is 0.571. The average molecular weight is 269 g/mol. The van der Waals surface area contributed by atoms with Crippen molar-refractivity contribution in [2.75, 3.05) is 26.3 Å². The lowest BCUT2D eigenvalue weighted by molar-refractivity contribution is 0.0246. The van der Waals surface area contributed by atoms with E-state index < -0.39 is 6.10 Å². The maximum Gasteiger partial charge on any atom is 0.0900 e. The maximum absolute atomic E-state index is 9.90. The van der Waals surface area contributed by atoms with E-state index in [0.29, 0.717) is 19.8 Å². The molecule has 1 rings (SSSR count). The summed E-state index contributed by atoms with van der Waals surface area (Å²) in [5.41, 5.74) is 1.31. The van der Waals surface area contributed by atoms with Crippen LogP contribution in [0.15, 0.2) is 29.5 Å². The maximum atomic E-state index is 9.90. The number of ether oxygens (including phenoxy) is 1. The number of rotatable bonds is 10. The number of hydrogen-bond acceptors (Lipinski definition) is 4. The first kappa shape index (κ1) is 15.4. The molecule has 0 aliphatic rings. The summed E-state index contributed by atoms with van der Waals surface area (Å²) in [6.07, 6.45) is 2.35. The van der Waals surface area contributed by atoms with Gasteiger partial charge in [0.1, 0.15) is 0 Å². The molecule has 1 aromatic rings. The molecule has 0 aliphatic heterocycles. The molecule has 1 N–H and O–H groups in total. The Balaban J connectivity index is 2.34. The van der Waals surface area contributed by atoms with Gasteiger partial charge in [0.05, 0.1) is 19.3 Å². The minimum Gasteiger partial charge on any atom is -0.389 e. The van der Waals surface area contributed by atoms with E-state index in [1.54, 1.807) is 17.4 Å². The number of aliphatic hydroxyl groups excluding tert-OH is 1. The highest BCUT2D eigenvalue weighted by molar-refractivity contribution is 7.07. The van der Waals surface area contributed by atoms with Crippen molar-refractivity contribution in [2.45, 2.75) is 26.0 Å². The van der Waals surface area contributed by atoms with Crippen LogP contribution in [-0.2, 0) is 11.3 Å². The molecule has 102 valence electrons. The molecule has 1 aromatic heterocycles. The van der Waals surface area contributed by atoms with Gasteiger partial charge in [0.25, 0.3) is 0 Å². The highest BCUT2D eigenvalue weighted by Gasteiger charge is 2.11. The van der Waals surface area contributed by atoms with Gasteiger partial charge in [-0.1, -0.05) is 13.0 Å². The SMILES string of the molecule is C=CCOCC(O)CN(CCC)Cc1ccsc1. The van der Waals surface area contributed by atoms with Gasteiger partial charge in [-0.15, -0.1) is 6.58 Å². The van der Waals surface area contributed by atoms with E-state index >= 15 is 0 Å². The molecule has 0 saturated heterocycles. The molecule has 3 nitrogen and oxygen atoms in total. The van der Waals surface area contributed by atoms with Crippen LogP contribution >= 0.6 is 11.3 Å². The largest absolute Gasteiger partial charge is 0.389 e. The van der Waals surface area contributed by atoms with Crippen molar-refractivity contribution in [1.82, 2.24) is 4.90 Å². The normalized spacial score (nSPS) is 12.8. The number of hydrogen-bond donors (Lipinski definition) is 1. The van der Waals surface area contributed by atoms with Crippen LogP contribution in [-0.4, -0.2) is 42.4 Å². The summed E-state index contributed by atoms with van der Waals surface area (Å²) in [5, 5.41) is 14.1. The van der Waals surface area contributed by atoms with Gasteiger partial charge in [0.15, 0.2) is 0 Å². The quantitative estimate of drug-likeness (QED) is 0.523. The van der Waals surface area contributed by atoms with Gasteiger partial charge in [0.2, 0.25) is 0 Å². The second-order valence-electron chi connectivity index (χ2n) is 4.35. The van der Waals surface area contributed by atoms with Crippen LogP contribution in [0, 0.1) is 0 Å². The summed E-state index contributed by atoms with van der Waals surface area (Å²) in [6, 6.07) is 2.13. The zero-order chi connectivity index (χ0) is 13.2. The van der Waals surface area contributed by atoms with E-state index in [4.69, 9.17) is 4.74 Å². The summed E-state index contributed by atoms with van der Waals surface area (Å²) < 4.78 is 5.27. The predicted molar refractivity (Wildman–Crippen MR) is 76.9 cm³/mol. The van der Waals surface area contributed by atoms with Crippen molar-refractivity contribution in [3.8, 4) is 0 Å². The Kier molecular flexibility index (Phi) is 7.93. The minimum absolute atomic E-state index is 0.371. The Labute approximate surface area is 114 Å². The van der Waals surface area contributed by atoms with Crippen molar-refractivity contribution < 1.29 is 9.84 Å². The van der Waals surface area contributed by atoms with E-state index in [1.807, 2.05) is 0 Å². The van der Waals surface area contributed by atoms with Crippen LogP contribution in [0.2, 0.25) is 0 Å². The molecule has 0 aliphatic carbocycles. The van der Waals surface area contributed by atoms with Gasteiger partial charge in [-0.25, -0.2) is 0 Å². The molecule has 4 heteroatoms. The number of thiophene rings is 1. The second-order valence-corrected chi connectivity index (χ2v) is 5.13. The van der Waals surface area contributed by atoms with E-state index in [9.17, 15) is 5.11 Å². The summed E-state index contributed by atoms with van der Waals surface area (Å²) in [6.45, 7) is 9.15. The molecule has 0 spiro atoms. The molecule has 0 aromatic carbocycles. The topological polar surface area (TPSA) is 32.7 Å². The van der Waals surface area contributed by atoms with E-state index in [-0.39, 0.29) is 0 Å². The first-order valence-electron chi connectivity index (χ1n) is 6.36. The van der Waals surface area contributed by atoms with Gasteiger partial charge in [-0.05, 0) is 35.4 Å². The molecule has 0 radical (unpaired) electrons. The Morgan fingerprint density at radius 1 is 1.61 bits per heavy atom. The van der Waals surface area contributed by atoms with Crippen LogP contribution in [0.1, 0.15) is 18.9 Å². The van der Waals surface area contributed by atoms with Crippen LogP contribution < -0.4 is 0 Å². The molecule has 0 amide bonds. The third kappa shape index (κ3) is 6.31. The fourth-order valence-electron chi connectivity index (χ4n) is 1.83. The molecule has 0 bridgehead atoms. The lowest BCUT2D eigenvalue weighted by atomic mass is 10.2. The van der Waals surface area contributed by atoms with Crippen molar-refractivity contribution in [2.24, 2.45) is 0 Å². The molecular formula is C14H23NO2S. The molecule has 0 fully saturated rings. The third-order valence-corrected chi connectivity index (χ3v) is 3.27. The minimum atomic E-state index is -0.435. The highest BCUT2D eigenvalue weighted by Crippen LogP contribution is 2.10. The van der Waals surface area contributed by atoms with E-state index in [0.717, 1.165) is 19.5 Å². The van der Waals surface area contributed by atoms with Crippen molar-refractivity contribution in [1.29, 1.82) is 0 Å². The molecule has 0 saturated carbocycles. The van der Waals surface area contributed by atoms with Crippen LogP contribution in [0.4, 0.5) is 0 Å².